The lowest BCUT2D eigenvalue weighted by molar-refractivity contribution is 0.297. The first-order chi connectivity index (χ1) is 9.33. The third kappa shape index (κ3) is 4.14. The zero-order valence-electron chi connectivity index (χ0n) is 11.7. The summed E-state index contributed by atoms with van der Waals surface area (Å²) in [6, 6.07) is 0. The van der Waals surface area contributed by atoms with Gasteiger partial charge in [-0.05, 0) is 44.5 Å². The molecule has 0 bridgehead atoms. The van der Waals surface area contributed by atoms with Crippen LogP contribution < -0.4 is 0 Å². The zero-order valence-corrected chi connectivity index (χ0v) is 12.6. The van der Waals surface area contributed by atoms with Crippen molar-refractivity contribution in [2.45, 2.75) is 33.1 Å². The van der Waals surface area contributed by atoms with Gasteiger partial charge in [-0.1, -0.05) is 13.8 Å². The van der Waals surface area contributed by atoms with Gasteiger partial charge >= 0.3 is 0 Å². The summed E-state index contributed by atoms with van der Waals surface area (Å²) < 4.78 is 1.87. The van der Waals surface area contributed by atoms with Crippen LogP contribution in [0.4, 0.5) is 0 Å². The van der Waals surface area contributed by atoms with E-state index >= 15 is 0 Å². The maximum absolute atomic E-state index is 4.36. The maximum Gasteiger partial charge on any atom is 0.210 e. The van der Waals surface area contributed by atoms with Crippen LogP contribution in [0.5, 0.6) is 0 Å². The molecule has 4 nitrogen and oxygen atoms in total. The highest BCUT2D eigenvalue weighted by Crippen LogP contribution is 2.12. The molecule has 104 valence electrons. The third-order valence-electron chi connectivity index (χ3n) is 3.34. The largest absolute Gasteiger partial charge is 0.304 e. The average molecular weight is 278 g/mol. The van der Waals surface area contributed by atoms with E-state index in [1.54, 1.807) is 11.3 Å². The number of hydrogen-bond donors (Lipinski definition) is 0. The molecule has 2 heterocycles. The molecule has 2 aromatic rings. The zero-order chi connectivity index (χ0) is 13.5. The number of aromatic nitrogens is 3. The van der Waals surface area contributed by atoms with E-state index in [4.69, 9.17) is 0 Å². The van der Waals surface area contributed by atoms with Gasteiger partial charge < -0.3 is 4.90 Å². The molecule has 0 N–H and O–H groups in total. The molecular formula is C14H22N4S. The van der Waals surface area contributed by atoms with Crippen LogP contribution in [0.2, 0.25) is 0 Å². The fourth-order valence-corrected chi connectivity index (χ4v) is 2.70. The summed E-state index contributed by atoms with van der Waals surface area (Å²) in [6.07, 6.45) is 9.44. The van der Waals surface area contributed by atoms with Gasteiger partial charge in [0.2, 0.25) is 5.13 Å². The topological polar surface area (TPSA) is 34.0 Å². The number of hydrogen-bond acceptors (Lipinski definition) is 4. The molecule has 0 spiro atoms. The highest BCUT2D eigenvalue weighted by atomic mass is 32.1. The minimum absolute atomic E-state index is 0.939. The fraction of sp³-hybridized carbons (Fsp3) is 0.571. The summed E-state index contributed by atoms with van der Waals surface area (Å²) in [7, 11) is 0. The van der Waals surface area contributed by atoms with Gasteiger partial charge in [-0.2, -0.15) is 5.10 Å². The Morgan fingerprint density at radius 2 is 2.11 bits per heavy atom. The molecule has 0 radical (unpaired) electrons. The van der Waals surface area contributed by atoms with Crippen LogP contribution in [0.3, 0.4) is 0 Å². The molecule has 0 saturated heterocycles. The maximum atomic E-state index is 4.36. The van der Waals surface area contributed by atoms with Crippen LogP contribution in [-0.4, -0.2) is 39.3 Å². The minimum atomic E-state index is 0.939. The number of rotatable bonds is 8. The van der Waals surface area contributed by atoms with Crippen molar-refractivity contribution in [2.24, 2.45) is 0 Å². The number of unbranched alkanes of at least 4 members (excludes halogenated alkanes) is 1. The molecule has 0 fully saturated rings. The average Bonchev–Trinajstić information content (AvgIpc) is 3.10. The molecule has 0 saturated carbocycles. The van der Waals surface area contributed by atoms with Crippen LogP contribution in [0.15, 0.2) is 24.0 Å². The van der Waals surface area contributed by atoms with Crippen LogP contribution in [0, 0.1) is 0 Å². The van der Waals surface area contributed by atoms with Crippen LogP contribution >= 0.6 is 11.3 Å². The molecular weight excluding hydrogens is 256 g/mol. The van der Waals surface area contributed by atoms with Crippen LogP contribution in [-0.2, 0) is 6.42 Å². The fourth-order valence-electron chi connectivity index (χ4n) is 2.13. The molecule has 0 aliphatic rings. The second-order valence-electron chi connectivity index (χ2n) is 4.59. The first-order valence-corrected chi connectivity index (χ1v) is 7.87. The Kier molecular flexibility index (Phi) is 5.54. The first-order valence-electron chi connectivity index (χ1n) is 6.99. The van der Waals surface area contributed by atoms with E-state index in [2.05, 4.69) is 35.0 Å². The molecule has 0 amide bonds. The summed E-state index contributed by atoms with van der Waals surface area (Å²) in [5, 5.41) is 7.27. The second-order valence-corrected chi connectivity index (χ2v) is 5.46. The molecule has 0 atom stereocenters. The summed E-state index contributed by atoms with van der Waals surface area (Å²) in [5.41, 5.74) is 1.30. The van der Waals surface area contributed by atoms with Gasteiger partial charge in [0.05, 0.1) is 6.20 Å². The quantitative estimate of drug-likeness (QED) is 0.696. The van der Waals surface area contributed by atoms with Gasteiger partial charge in [0.15, 0.2) is 0 Å². The van der Waals surface area contributed by atoms with Crippen molar-refractivity contribution in [1.82, 2.24) is 19.7 Å². The van der Waals surface area contributed by atoms with E-state index in [0.717, 1.165) is 24.6 Å². The minimum Gasteiger partial charge on any atom is -0.304 e. The molecule has 5 heteroatoms. The lowest BCUT2D eigenvalue weighted by Gasteiger charge is -2.17. The van der Waals surface area contributed by atoms with Crippen LogP contribution in [0.25, 0.3) is 5.13 Å². The molecule has 2 rings (SSSR count). The molecule has 2 aromatic heterocycles. The Morgan fingerprint density at radius 1 is 1.26 bits per heavy atom. The highest BCUT2D eigenvalue weighted by molar-refractivity contribution is 7.12. The van der Waals surface area contributed by atoms with E-state index in [-0.39, 0.29) is 0 Å². The van der Waals surface area contributed by atoms with Crippen molar-refractivity contribution < 1.29 is 0 Å². The lowest BCUT2D eigenvalue weighted by Crippen LogP contribution is -2.23. The van der Waals surface area contributed by atoms with Gasteiger partial charge in [0.1, 0.15) is 0 Å². The van der Waals surface area contributed by atoms with Crippen molar-refractivity contribution in [1.29, 1.82) is 0 Å². The highest BCUT2D eigenvalue weighted by Gasteiger charge is 2.03. The number of nitrogens with zero attached hydrogens (tertiary/aromatic N) is 4. The van der Waals surface area contributed by atoms with E-state index in [9.17, 15) is 0 Å². The van der Waals surface area contributed by atoms with Gasteiger partial charge in [0.25, 0.3) is 0 Å². The Morgan fingerprint density at radius 3 is 2.79 bits per heavy atom. The number of aryl methyl sites for hydroxylation is 1. The van der Waals surface area contributed by atoms with Crippen molar-refractivity contribution in [3.8, 4) is 5.13 Å². The van der Waals surface area contributed by atoms with E-state index in [1.165, 1.54) is 24.9 Å². The predicted molar refractivity (Wildman–Crippen MR) is 80.0 cm³/mol. The molecule has 0 aromatic carbocycles. The summed E-state index contributed by atoms with van der Waals surface area (Å²) in [6.45, 7) is 7.95. The van der Waals surface area contributed by atoms with Gasteiger partial charge in [-0.15, -0.1) is 11.3 Å². The van der Waals surface area contributed by atoms with Crippen molar-refractivity contribution >= 4 is 11.3 Å². The summed E-state index contributed by atoms with van der Waals surface area (Å²) in [5.74, 6) is 0. The van der Waals surface area contributed by atoms with E-state index in [1.807, 2.05) is 22.5 Å². The normalized spacial score (nSPS) is 11.3. The van der Waals surface area contributed by atoms with Gasteiger partial charge in [0, 0.05) is 17.8 Å². The van der Waals surface area contributed by atoms with Crippen molar-refractivity contribution in [2.75, 3.05) is 19.6 Å². The lowest BCUT2D eigenvalue weighted by atomic mass is 10.1. The van der Waals surface area contributed by atoms with Crippen molar-refractivity contribution in [3.05, 3.63) is 29.5 Å². The Bertz CT molecular complexity index is 460. The second kappa shape index (κ2) is 7.40. The smallest absolute Gasteiger partial charge is 0.210 e. The van der Waals surface area contributed by atoms with Gasteiger partial charge in [-0.3, -0.25) is 0 Å². The monoisotopic (exact) mass is 278 g/mol. The first kappa shape index (κ1) is 14.2. The molecule has 0 aliphatic carbocycles. The number of thiazole rings is 1. The predicted octanol–water partition coefficient (Wildman–Crippen LogP) is 2.99. The summed E-state index contributed by atoms with van der Waals surface area (Å²) >= 11 is 1.61. The van der Waals surface area contributed by atoms with E-state index in [0.29, 0.717) is 0 Å². The molecule has 0 unspecified atom stereocenters. The Hall–Kier alpha value is -1.20. The third-order valence-corrected chi connectivity index (χ3v) is 4.10. The standard InChI is InChI=1S/C14H22N4S/c1-3-17(4-2)9-6-5-7-13-11-16-18(12-13)14-15-8-10-19-14/h8,10-12H,3-7,9H2,1-2H3. The SMILES string of the molecule is CCN(CC)CCCCc1cnn(-c2nccs2)c1. The molecule has 0 aliphatic heterocycles. The Labute approximate surface area is 119 Å². The van der Waals surface area contributed by atoms with Gasteiger partial charge in [-0.25, -0.2) is 9.67 Å². The van der Waals surface area contributed by atoms with Crippen molar-refractivity contribution in [3.63, 3.8) is 0 Å². The van der Waals surface area contributed by atoms with Crippen LogP contribution in [0.1, 0.15) is 32.3 Å². The Balaban J connectivity index is 1.75. The molecule has 19 heavy (non-hydrogen) atoms. The van der Waals surface area contributed by atoms with E-state index < -0.39 is 0 Å². The summed E-state index contributed by atoms with van der Waals surface area (Å²) in [4.78, 5) is 6.73.